The zero-order chi connectivity index (χ0) is 28.5. The van der Waals surface area contributed by atoms with Crippen molar-refractivity contribution in [2.45, 2.75) is 11.8 Å². The van der Waals surface area contributed by atoms with E-state index in [0.717, 1.165) is 6.54 Å². The Hall–Kier alpha value is -3.69. The molecule has 0 atom stereocenters. The lowest BCUT2D eigenvalue weighted by Crippen LogP contribution is -2.68. The van der Waals surface area contributed by atoms with Gasteiger partial charge in [0.15, 0.2) is 0 Å². The van der Waals surface area contributed by atoms with E-state index < -0.39 is 10.2 Å². The Morgan fingerprint density at radius 2 is 1.27 bits per heavy atom. The Balaban J connectivity index is 0.000000681. The van der Waals surface area contributed by atoms with Crippen molar-refractivity contribution in [2.24, 2.45) is 7.05 Å². The fourth-order valence-corrected chi connectivity index (χ4v) is 5.56. The van der Waals surface area contributed by atoms with Gasteiger partial charge in [-0.25, -0.2) is 18.6 Å². The van der Waals surface area contributed by atoms with Crippen LogP contribution in [0.1, 0.15) is 12.5 Å². The van der Waals surface area contributed by atoms with E-state index in [0.29, 0.717) is 0 Å². The Bertz CT molecular complexity index is 1450. The van der Waals surface area contributed by atoms with E-state index in [1.165, 1.54) is 43.7 Å². The number of fused-ring (bicyclic) bond motifs is 1. The lowest BCUT2D eigenvalue weighted by atomic mass is 10.0. The number of para-hydroxylation sites is 1. The van der Waals surface area contributed by atoms with E-state index >= 15 is 0 Å². The van der Waals surface area contributed by atoms with Crippen molar-refractivity contribution in [2.75, 3.05) is 11.4 Å². The molecule has 0 fully saturated rings. The third kappa shape index (κ3) is 7.92. The van der Waals surface area contributed by atoms with E-state index in [2.05, 4.69) is 151 Å². The summed E-state index contributed by atoms with van der Waals surface area (Å²) in [7, 11) is -2.80. The third-order valence-corrected chi connectivity index (χ3v) is 7.30. The maximum atomic E-state index is 8.49. The summed E-state index contributed by atoms with van der Waals surface area (Å²) < 4.78 is 36.2. The second-order valence-electron chi connectivity index (χ2n) is 8.79. The van der Waals surface area contributed by atoms with Gasteiger partial charge in [0.25, 0.3) is 0 Å². The van der Waals surface area contributed by atoms with Crippen molar-refractivity contribution in [1.29, 1.82) is 0 Å². The summed E-state index contributed by atoms with van der Waals surface area (Å²) in [6.07, 6.45) is 10.8. The summed E-state index contributed by atoms with van der Waals surface area (Å²) in [5, 5.41) is 1.27. The van der Waals surface area contributed by atoms with Crippen LogP contribution in [0, 0.1) is 10.2 Å². The highest BCUT2D eigenvalue weighted by atomic mass is 35.7. The predicted octanol–water partition coefficient (Wildman–Crippen LogP) is 3.13. The van der Waals surface area contributed by atoms with Crippen LogP contribution >= 0.6 is 11.8 Å². The van der Waals surface area contributed by atoms with Gasteiger partial charge in [0.2, 0.25) is 11.4 Å². The van der Waals surface area contributed by atoms with Gasteiger partial charge in [-0.2, -0.15) is 4.57 Å². The predicted molar refractivity (Wildman–Crippen MR) is 150 cm³/mol. The van der Waals surface area contributed by atoms with E-state index in [-0.39, 0.29) is 0 Å². The van der Waals surface area contributed by atoms with Crippen LogP contribution in [0.3, 0.4) is 0 Å². The molecule has 2 heterocycles. The van der Waals surface area contributed by atoms with Crippen molar-refractivity contribution in [3.8, 4) is 22.5 Å². The summed E-state index contributed by atoms with van der Waals surface area (Å²) >= 11 is 1.83. The van der Waals surface area contributed by atoms with Gasteiger partial charge in [-0.15, -0.1) is 10.2 Å². The normalized spacial score (nSPS) is 14.1. The highest BCUT2D eigenvalue weighted by Gasteiger charge is 2.22. The molecule has 1 aromatic heterocycles. The molecule has 1 aliphatic heterocycles. The molecule has 0 amide bonds. The summed E-state index contributed by atoms with van der Waals surface area (Å²) in [5.74, 6) is 0. The average molecular weight is 573 g/mol. The van der Waals surface area contributed by atoms with Gasteiger partial charge in [-0.1, -0.05) is 84.6 Å². The third-order valence-electron chi connectivity index (χ3n) is 6.17. The summed E-state index contributed by atoms with van der Waals surface area (Å²) in [4.78, 5) is 3.69. The minimum absolute atomic E-state index is 0.963. The van der Waals surface area contributed by atoms with Crippen LogP contribution in [0.4, 0.5) is 5.69 Å². The molecular formula is C32H29ClN2O4S. The van der Waals surface area contributed by atoms with Gasteiger partial charge >= 0.3 is 0 Å². The Morgan fingerprint density at radius 1 is 0.750 bits per heavy atom. The number of allylic oxidation sites excluding steroid dienone is 4. The van der Waals surface area contributed by atoms with Crippen molar-refractivity contribution in [1.82, 2.24) is 0 Å². The fourth-order valence-electron chi connectivity index (χ4n) is 4.42. The Morgan fingerprint density at radius 3 is 1.82 bits per heavy atom. The fraction of sp³-hybridized carbons (Fsp3) is 0.0938. The van der Waals surface area contributed by atoms with E-state index in [1.54, 1.807) is 0 Å². The molecule has 8 heteroatoms. The minimum Gasteiger partial charge on any atom is -0.335 e. The highest BCUT2D eigenvalue weighted by Crippen LogP contribution is 2.45. The first-order chi connectivity index (χ1) is 19.2. The van der Waals surface area contributed by atoms with E-state index in [1.807, 2.05) is 11.8 Å². The number of rotatable bonds is 6. The molecule has 0 saturated heterocycles. The van der Waals surface area contributed by atoms with Crippen LogP contribution in [-0.4, -0.2) is 6.54 Å². The van der Waals surface area contributed by atoms with Crippen LogP contribution < -0.4 is 28.1 Å². The Labute approximate surface area is 241 Å². The first kappa shape index (κ1) is 29.3. The molecule has 204 valence electrons. The molecule has 0 radical (unpaired) electrons. The Kier molecular flexibility index (Phi) is 9.95. The highest BCUT2D eigenvalue weighted by molar-refractivity contribution is 8.03. The summed E-state index contributed by atoms with van der Waals surface area (Å²) in [5.41, 5.74) is 7.28. The van der Waals surface area contributed by atoms with Gasteiger partial charge in [0, 0.05) is 34.7 Å². The van der Waals surface area contributed by atoms with Crippen LogP contribution in [-0.2, 0) is 7.05 Å². The second kappa shape index (κ2) is 13.6. The molecule has 40 heavy (non-hydrogen) atoms. The lowest BCUT2D eigenvalue weighted by molar-refractivity contribution is -2.00. The molecule has 3 aromatic carbocycles. The van der Waals surface area contributed by atoms with Crippen LogP contribution in [0.25, 0.3) is 28.6 Å². The quantitative estimate of drug-likeness (QED) is 0.260. The van der Waals surface area contributed by atoms with Gasteiger partial charge in [0.1, 0.15) is 7.05 Å². The number of thioether (sulfide) groups is 1. The molecule has 6 nitrogen and oxygen atoms in total. The monoisotopic (exact) mass is 572 g/mol. The number of pyridine rings is 1. The van der Waals surface area contributed by atoms with Crippen molar-refractivity contribution >= 4 is 23.5 Å². The van der Waals surface area contributed by atoms with E-state index in [9.17, 15) is 0 Å². The second-order valence-corrected chi connectivity index (χ2v) is 10.6. The number of aromatic nitrogens is 1. The number of nitrogens with zero attached hydrogens (tertiary/aromatic N) is 2. The first-order valence-corrected chi connectivity index (χ1v) is 14.7. The molecule has 4 aromatic rings. The van der Waals surface area contributed by atoms with Crippen LogP contribution in [0.2, 0.25) is 0 Å². The molecule has 1 aliphatic rings. The molecule has 0 unspecified atom stereocenters. The number of benzene rings is 3. The molecule has 0 aliphatic carbocycles. The van der Waals surface area contributed by atoms with E-state index in [4.69, 9.17) is 18.6 Å². The number of anilines is 1. The zero-order valence-corrected chi connectivity index (χ0v) is 23.7. The molecular weight excluding hydrogens is 544 g/mol. The average Bonchev–Trinajstić information content (AvgIpc) is 3.31. The lowest BCUT2D eigenvalue weighted by Gasteiger charge is -2.17. The SMILES string of the molecule is CCN1/C(=C/C=C/C=C/c2cc(-c3ccccc3)[n+](C)c(-c3ccccc3)c2)Sc2ccccc21.[O-][Cl+3]([O-])([O-])[O-]. The number of halogens is 1. The summed E-state index contributed by atoms with van der Waals surface area (Å²) in [6.45, 7) is 3.16. The standard InChI is InChI=1S/C32H29N2S.ClHO4/c1-3-34-28-20-13-14-21-31(28)35-32(34)22-12-4-7-15-25-23-29(26-16-8-5-9-17-26)33(2)30(24-25)27-18-10-6-11-19-27;2-1(3,4)5/h4-24H,3H2,1-2H3;(H,2,3,4,5)/q+1;/p-1. The maximum Gasteiger partial charge on any atom is 0.213 e. The summed E-state index contributed by atoms with van der Waals surface area (Å²) in [6, 6.07) is 34.3. The zero-order valence-electron chi connectivity index (χ0n) is 22.1. The first-order valence-electron chi connectivity index (χ1n) is 12.6. The largest absolute Gasteiger partial charge is 0.335 e. The van der Waals surface area contributed by atoms with Gasteiger partial charge in [0.05, 0.1) is 10.7 Å². The molecule has 0 bridgehead atoms. The topological polar surface area (TPSA) is 99.4 Å². The van der Waals surface area contributed by atoms with Crippen molar-refractivity contribution in [3.05, 3.63) is 132 Å². The smallest absolute Gasteiger partial charge is 0.213 e. The molecule has 0 saturated carbocycles. The van der Waals surface area contributed by atoms with Gasteiger partial charge < -0.3 is 4.90 Å². The van der Waals surface area contributed by atoms with Gasteiger partial charge in [-0.3, -0.25) is 0 Å². The molecule has 5 rings (SSSR count). The van der Waals surface area contributed by atoms with Gasteiger partial charge in [-0.05, 0) is 55.0 Å². The molecule has 0 spiro atoms. The number of hydrogen-bond acceptors (Lipinski definition) is 6. The minimum atomic E-state index is -4.94. The van der Waals surface area contributed by atoms with Crippen molar-refractivity contribution in [3.63, 3.8) is 0 Å². The van der Waals surface area contributed by atoms with Crippen LogP contribution in [0.15, 0.2) is 131 Å². The van der Waals surface area contributed by atoms with Crippen molar-refractivity contribution < 1.29 is 33.4 Å². The molecule has 0 N–H and O–H groups in total. The maximum absolute atomic E-state index is 8.49. The number of hydrogen-bond donors (Lipinski definition) is 0. The van der Waals surface area contributed by atoms with Crippen LogP contribution in [0.5, 0.6) is 0 Å².